The van der Waals surface area contributed by atoms with Crippen molar-refractivity contribution in [2.75, 3.05) is 18.5 Å². The first-order valence-corrected chi connectivity index (χ1v) is 8.38. The fraction of sp³-hybridized carbons (Fsp3) is 0.211. The Morgan fingerprint density at radius 3 is 2.30 bits per heavy atom. The lowest BCUT2D eigenvalue weighted by Gasteiger charge is -2.13. The van der Waals surface area contributed by atoms with Gasteiger partial charge in [0.2, 0.25) is 0 Å². The van der Waals surface area contributed by atoms with Crippen LogP contribution in [0.4, 0.5) is 5.82 Å². The van der Waals surface area contributed by atoms with Crippen molar-refractivity contribution < 1.29 is 23.9 Å². The molecule has 1 aromatic heterocycles. The van der Waals surface area contributed by atoms with Crippen molar-refractivity contribution in [2.24, 2.45) is 0 Å². The quantitative estimate of drug-likeness (QED) is 0.589. The van der Waals surface area contributed by atoms with E-state index >= 15 is 0 Å². The average Bonchev–Trinajstić information content (AvgIpc) is 2.92. The van der Waals surface area contributed by atoms with Crippen LogP contribution >= 0.6 is 0 Å². The second kappa shape index (κ2) is 8.22. The van der Waals surface area contributed by atoms with Gasteiger partial charge in [0.25, 0.3) is 17.7 Å². The minimum Gasteiger partial charge on any atom is -0.456 e. The summed E-state index contributed by atoms with van der Waals surface area (Å²) in [4.78, 5) is 52.9. The molecule has 27 heavy (non-hydrogen) atoms. The van der Waals surface area contributed by atoms with Crippen molar-refractivity contribution in [3.63, 3.8) is 0 Å². The molecule has 2 aromatic rings. The largest absolute Gasteiger partial charge is 0.456 e. The zero-order valence-electron chi connectivity index (χ0n) is 14.4. The van der Waals surface area contributed by atoms with Crippen molar-refractivity contribution in [3.05, 3.63) is 59.8 Å². The number of aromatic nitrogens is 1. The molecule has 3 amide bonds. The second-order valence-corrected chi connectivity index (χ2v) is 5.83. The molecule has 1 aromatic carbocycles. The Balaban J connectivity index is 1.40. The Kier molecular flexibility index (Phi) is 5.55. The molecule has 0 radical (unpaired) electrons. The van der Waals surface area contributed by atoms with Gasteiger partial charge >= 0.3 is 5.97 Å². The van der Waals surface area contributed by atoms with Crippen LogP contribution in [0.15, 0.2) is 48.7 Å². The van der Waals surface area contributed by atoms with Crippen LogP contribution in [0.5, 0.6) is 0 Å². The Labute approximate surface area is 155 Å². The lowest BCUT2D eigenvalue weighted by atomic mass is 10.1. The molecule has 1 aliphatic rings. The van der Waals surface area contributed by atoms with E-state index in [-0.39, 0.29) is 31.2 Å². The zero-order chi connectivity index (χ0) is 19.2. The topological polar surface area (TPSA) is 106 Å². The highest BCUT2D eigenvalue weighted by atomic mass is 16.5. The van der Waals surface area contributed by atoms with Crippen LogP contribution in [0.3, 0.4) is 0 Å². The van der Waals surface area contributed by atoms with Crippen LogP contribution in [0.2, 0.25) is 0 Å². The molecule has 0 spiro atoms. The molecule has 1 aliphatic heterocycles. The molecule has 2 heterocycles. The monoisotopic (exact) mass is 367 g/mol. The molecule has 0 saturated carbocycles. The maximum Gasteiger partial charge on any atom is 0.306 e. The Morgan fingerprint density at radius 1 is 1.00 bits per heavy atom. The third kappa shape index (κ3) is 4.35. The van der Waals surface area contributed by atoms with E-state index in [9.17, 15) is 19.2 Å². The lowest BCUT2D eigenvalue weighted by molar-refractivity contribution is -0.147. The number of nitrogens with zero attached hydrogens (tertiary/aromatic N) is 2. The SMILES string of the molecule is O=C(COC(=O)CCCN1C(=O)c2ccccc2C1=O)Nc1ccccn1. The first-order chi connectivity index (χ1) is 13.1. The number of esters is 1. The summed E-state index contributed by atoms with van der Waals surface area (Å²) in [5.74, 6) is -1.44. The predicted molar refractivity (Wildman–Crippen MR) is 94.9 cm³/mol. The molecule has 0 atom stereocenters. The molecule has 138 valence electrons. The molecular weight excluding hydrogens is 350 g/mol. The summed E-state index contributed by atoms with van der Waals surface area (Å²) in [7, 11) is 0. The number of hydrogen-bond donors (Lipinski definition) is 1. The fourth-order valence-electron chi connectivity index (χ4n) is 2.66. The summed E-state index contributed by atoms with van der Waals surface area (Å²) in [6.45, 7) is -0.315. The number of fused-ring (bicyclic) bond motifs is 1. The number of benzene rings is 1. The smallest absolute Gasteiger partial charge is 0.306 e. The predicted octanol–water partition coefficient (Wildman–Crippen LogP) is 1.64. The lowest BCUT2D eigenvalue weighted by Crippen LogP contribution is -2.31. The summed E-state index contributed by atoms with van der Waals surface area (Å²) in [6, 6.07) is 11.6. The molecule has 3 rings (SSSR count). The fourth-order valence-corrected chi connectivity index (χ4v) is 2.66. The first-order valence-electron chi connectivity index (χ1n) is 8.38. The van der Waals surface area contributed by atoms with E-state index in [0.29, 0.717) is 16.9 Å². The van der Waals surface area contributed by atoms with Gasteiger partial charge in [-0.05, 0) is 30.7 Å². The van der Waals surface area contributed by atoms with E-state index in [2.05, 4.69) is 10.3 Å². The molecule has 0 bridgehead atoms. The van der Waals surface area contributed by atoms with Gasteiger partial charge in [0.15, 0.2) is 6.61 Å². The highest BCUT2D eigenvalue weighted by molar-refractivity contribution is 6.21. The van der Waals surface area contributed by atoms with Gasteiger partial charge < -0.3 is 10.1 Å². The van der Waals surface area contributed by atoms with Gasteiger partial charge in [-0.15, -0.1) is 0 Å². The first kappa shape index (κ1) is 18.2. The molecule has 8 nitrogen and oxygen atoms in total. The summed E-state index contributed by atoms with van der Waals surface area (Å²) in [5, 5.41) is 2.50. The molecule has 0 aliphatic carbocycles. The van der Waals surface area contributed by atoms with Gasteiger partial charge in [-0.3, -0.25) is 24.1 Å². The van der Waals surface area contributed by atoms with Crippen LogP contribution in [-0.4, -0.2) is 46.7 Å². The van der Waals surface area contributed by atoms with E-state index in [1.54, 1.807) is 42.5 Å². The summed E-state index contributed by atoms with van der Waals surface area (Å²) >= 11 is 0. The molecule has 0 saturated heterocycles. The number of nitrogens with one attached hydrogen (secondary N) is 1. The molecule has 1 N–H and O–H groups in total. The van der Waals surface area contributed by atoms with Gasteiger partial charge in [0, 0.05) is 19.2 Å². The van der Waals surface area contributed by atoms with Crippen molar-refractivity contribution in [3.8, 4) is 0 Å². The van der Waals surface area contributed by atoms with Crippen molar-refractivity contribution in [1.82, 2.24) is 9.88 Å². The molecule has 0 unspecified atom stereocenters. The van der Waals surface area contributed by atoms with Crippen molar-refractivity contribution >= 4 is 29.5 Å². The van der Waals surface area contributed by atoms with Crippen molar-refractivity contribution in [1.29, 1.82) is 0 Å². The van der Waals surface area contributed by atoms with E-state index in [0.717, 1.165) is 4.90 Å². The number of imide groups is 1. The van der Waals surface area contributed by atoms with Crippen LogP contribution in [0.1, 0.15) is 33.6 Å². The number of anilines is 1. The van der Waals surface area contributed by atoms with Gasteiger partial charge in [-0.1, -0.05) is 18.2 Å². The van der Waals surface area contributed by atoms with E-state index < -0.39 is 18.5 Å². The minimum absolute atomic E-state index is 0.00965. The number of pyridine rings is 1. The van der Waals surface area contributed by atoms with Crippen molar-refractivity contribution in [2.45, 2.75) is 12.8 Å². The molecular formula is C19H17N3O5. The summed E-state index contributed by atoms with van der Waals surface area (Å²) in [6.07, 6.45) is 1.78. The normalized spacial score (nSPS) is 12.7. The van der Waals surface area contributed by atoms with Gasteiger partial charge in [0.05, 0.1) is 11.1 Å². The summed E-state index contributed by atoms with van der Waals surface area (Å²) in [5.41, 5.74) is 0.743. The van der Waals surface area contributed by atoms with Gasteiger partial charge in [-0.2, -0.15) is 0 Å². The van der Waals surface area contributed by atoms with E-state index in [4.69, 9.17) is 4.74 Å². The minimum atomic E-state index is -0.581. The number of rotatable bonds is 7. The maximum absolute atomic E-state index is 12.2. The maximum atomic E-state index is 12.2. The van der Waals surface area contributed by atoms with Gasteiger partial charge in [0.1, 0.15) is 5.82 Å². The third-order valence-electron chi connectivity index (χ3n) is 3.94. The average molecular weight is 367 g/mol. The number of hydrogen-bond acceptors (Lipinski definition) is 6. The van der Waals surface area contributed by atoms with E-state index in [1.165, 1.54) is 6.20 Å². The van der Waals surface area contributed by atoms with Gasteiger partial charge in [-0.25, -0.2) is 4.98 Å². The number of ether oxygens (including phenoxy) is 1. The second-order valence-electron chi connectivity index (χ2n) is 5.83. The third-order valence-corrected chi connectivity index (χ3v) is 3.94. The molecule has 0 fully saturated rings. The standard InChI is InChI=1S/C19H17N3O5/c23-16(21-15-8-3-4-10-20-15)12-27-17(24)9-5-11-22-18(25)13-6-1-2-7-14(13)19(22)26/h1-4,6-8,10H,5,9,11-12H2,(H,20,21,23). The Morgan fingerprint density at radius 2 is 1.67 bits per heavy atom. The Bertz CT molecular complexity index is 847. The Hall–Kier alpha value is -3.55. The van der Waals surface area contributed by atoms with Crippen LogP contribution in [-0.2, 0) is 14.3 Å². The highest BCUT2D eigenvalue weighted by Gasteiger charge is 2.34. The number of amides is 3. The zero-order valence-corrected chi connectivity index (χ0v) is 14.4. The van der Waals surface area contributed by atoms with Crippen LogP contribution in [0, 0.1) is 0 Å². The van der Waals surface area contributed by atoms with E-state index in [1.807, 2.05) is 0 Å². The highest BCUT2D eigenvalue weighted by Crippen LogP contribution is 2.22. The number of carbonyl (C=O) groups excluding carboxylic acids is 4. The van der Waals surface area contributed by atoms with Crippen LogP contribution < -0.4 is 5.32 Å². The summed E-state index contributed by atoms with van der Waals surface area (Å²) < 4.78 is 4.89. The number of carbonyl (C=O) groups is 4. The van der Waals surface area contributed by atoms with Crippen LogP contribution in [0.25, 0.3) is 0 Å². The molecule has 8 heteroatoms.